The lowest BCUT2D eigenvalue weighted by Crippen LogP contribution is -2.09. The van der Waals surface area contributed by atoms with Gasteiger partial charge in [-0.15, -0.1) is 0 Å². The van der Waals surface area contributed by atoms with Gasteiger partial charge in [0.2, 0.25) is 0 Å². The van der Waals surface area contributed by atoms with Crippen LogP contribution < -0.4 is 0 Å². The van der Waals surface area contributed by atoms with E-state index >= 15 is 0 Å². The Bertz CT molecular complexity index is 1550. The van der Waals surface area contributed by atoms with E-state index in [2.05, 4.69) is 98.0 Å². The number of rotatable bonds is 2. The van der Waals surface area contributed by atoms with Crippen molar-refractivity contribution in [3.63, 3.8) is 0 Å². The van der Waals surface area contributed by atoms with Crippen molar-refractivity contribution < 1.29 is 0 Å². The highest BCUT2D eigenvalue weighted by atomic mass is 14.9. The SMILES string of the molecule is CC(C)(C)Cc1ccnc(-c2ccc3c(c2)c2cccc4c5ccccc5n3c42)c1. The highest BCUT2D eigenvalue weighted by Crippen LogP contribution is 2.39. The van der Waals surface area contributed by atoms with E-state index in [9.17, 15) is 0 Å². The van der Waals surface area contributed by atoms with Gasteiger partial charge in [0.25, 0.3) is 0 Å². The molecule has 3 aromatic heterocycles. The van der Waals surface area contributed by atoms with Crippen molar-refractivity contribution in [3.8, 4) is 11.3 Å². The number of hydrogen-bond acceptors (Lipinski definition) is 1. The van der Waals surface area contributed by atoms with Gasteiger partial charge in [-0.05, 0) is 47.7 Å². The van der Waals surface area contributed by atoms with Crippen molar-refractivity contribution in [1.29, 1.82) is 0 Å². The molecule has 6 rings (SSSR count). The van der Waals surface area contributed by atoms with Crippen LogP contribution in [0.2, 0.25) is 0 Å². The van der Waals surface area contributed by atoms with Crippen LogP contribution >= 0.6 is 0 Å². The smallest absolute Gasteiger partial charge is 0.0704 e. The Labute approximate surface area is 176 Å². The van der Waals surface area contributed by atoms with Crippen molar-refractivity contribution >= 4 is 38.1 Å². The minimum atomic E-state index is 0.261. The molecule has 2 nitrogen and oxygen atoms in total. The van der Waals surface area contributed by atoms with Gasteiger partial charge in [-0.3, -0.25) is 4.98 Å². The number of nitrogens with zero attached hydrogens (tertiary/aromatic N) is 2. The summed E-state index contributed by atoms with van der Waals surface area (Å²) in [5.74, 6) is 0. The van der Waals surface area contributed by atoms with E-state index in [0.717, 1.165) is 12.1 Å². The number of benzene rings is 3. The van der Waals surface area contributed by atoms with Gasteiger partial charge < -0.3 is 4.40 Å². The largest absolute Gasteiger partial charge is 0.308 e. The molecule has 0 aliphatic carbocycles. The van der Waals surface area contributed by atoms with Crippen molar-refractivity contribution in [3.05, 3.63) is 84.6 Å². The van der Waals surface area contributed by atoms with Gasteiger partial charge >= 0.3 is 0 Å². The van der Waals surface area contributed by atoms with Crippen molar-refractivity contribution in [2.24, 2.45) is 5.41 Å². The number of aromatic nitrogens is 2. The Balaban J connectivity index is 1.60. The molecule has 3 aromatic carbocycles. The van der Waals surface area contributed by atoms with E-state index in [4.69, 9.17) is 4.98 Å². The molecule has 6 aromatic rings. The van der Waals surface area contributed by atoms with Crippen LogP contribution in [0.1, 0.15) is 26.3 Å². The summed E-state index contributed by atoms with van der Waals surface area (Å²) in [5, 5.41) is 5.25. The Hall–Kier alpha value is -3.39. The maximum atomic E-state index is 4.69. The molecule has 0 aliphatic rings. The maximum Gasteiger partial charge on any atom is 0.0704 e. The zero-order chi connectivity index (χ0) is 20.5. The van der Waals surface area contributed by atoms with Crippen LogP contribution in [-0.4, -0.2) is 9.38 Å². The molecule has 146 valence electrons. The van der Waals surface area contributed by atoms with Crippen LogP contribution in [0.25, 0.3) is 49.4 Å². The highest BCUT2D eigenvalue weighted by molar-refractivity contribution is 6.23. The van der Waals surface area contributed by atoms with Gasteiger partial charge in [0.15, 0.2) is 0 Å². The monoisotopic (exact) mass is 388 g/mol. The summed E-state index contributed by atoms with van der Waals surface area (Å²) in [7, 11) is 0. The van der Waals surface area contributed by atoms with E-state index in [0.29, 0.717) is 0 Å². The zero-order valence-electron chi connectivity index (χ0n) is 17.6. The van der Waals surface area contributed by atoms with Crippen LogP contribution in [0.15, 0.2) is 79.0 Å². The molecule has 0 unspecified atom stereocenters. The zero-order valence-corrected chi connectivity index (χ0v) is 17.6. The lowest BCUT2D eigenvalue weighted by atomic mass is 9.88. The van der Waals surface area contributed by atoms with E-state index in [1.54, 1.807) is 0 Å². The highest BCUT2D eigenvalue weighted by Gasteiger charge is 2.17. The summed E-state index contributed by atoms with van der Waals surface area (Å²) in [6.45, 7) is 6.84. The molecule has 0 fully saturated rings. The summed E-state index contributed by atoms with van der Waals surface area (Å²) in [6, 6.07) is 26.5. The van der Waals surface area contributed by atoms with Crippen LogP contribution in [-0.2, 0) is 6.42 Å². The Morgan fingerprint density at radius 3 is 2.30 bits per heavy atom. The minimum absolute atomic E-state index is 0.261. The van der Waals surface area contributed by atoms with Gasteiger partial charge in [0.1, 0.15) is 0 Å². The van der Waals surface area contributed by atoms with Gasteiger partial charge in [-0.2, -0.15) is 0 Å². The predicted molar refractivity (Wildman–Crippen MR) is 127 cm³/mol. The standard InChI is InChI=1S/C28H24N2/c1-28(2,3)17-18-13-14-29-24(15-18)19-11-12-26-23(16-19)22-9-6-8-21-20-7-4-5-10-25(20)30(26)27(21)22/h4-16H,17H2,1-3H3. The lowest BCUT2D eigenvalue weighted by Gasteiger charge is -2.18. The molecule has 3 heterocycles. The molecule has 0 saturated carbocycles. The first-order chi connectivity index (χ1) is 14.5. The molecule has 2 heteroatoms. The molecular formula is C28H24N2. The molecule has 0 aliphatic heterocycles. The number of pyridine rings is 1. The average molecular weight is 389 g/mol. The quantitative estimate of drug-likeness (QED) is 0.300. The third-order valence-corrected chi connectivity index (χ3v) is 6.08. The van der Waals surface area contributed by atoms with E-state index in [1.165, 1.54) is 49.2 Å². The van der Waals surface area contributed by atoms with Gasteiger partial charge in [-0.1, -0.05) is 63.2 Å². The fourth-order valence-electron chi connectivity index (χ4n) is 4.95. The molecule has 0 saturated heterocycles. The van der Waals surface area contributed by atoms with Crippen molar-refractivity contribution in [2.75, 3.05) is 0 Å². The van der Waals surface area contributed by atoms with Crippen LogP contribution in [0.5, 0.6) is 0 Å². The molecule has 30 heavy (non-hydrogen) atoms. The molecule has 0 atom stereocenters. The van der Waals surface area contributed by atoms with Crippen molar-refractivity contribution in [2.45, 2.75) is 27.2 Å². The number of fused-ring (bicyclic) bond motifs is 6. The van der Waals surface area contributed by atoms with E-state index in [1.807, 2.05) is 6.20 Å². The third-order valence-electron chi connectivity index (χ3n) is 6.08. The van der Waals surface area contributed by atoms with E-state index < -0.39 is 0 Å². The predicted octanol–water partition coefficient (Wildman–Crippen LogP) is 7.49. The Morgan fingerprint density at radius 1 is 0.733 bits per heavy atom. The van der Waals surface area contributed by atoms with Gasteiger partial charge in [-0.25, -0.2) is 0 Å². The summed E-state index contributed by atoms with van der Waals surface area (Å²) in [5.41, 5.74) is 7.68. The van der Waals surface area contributed by atoms with Crippen LogP contribution in [0.4, 0.5) is 0 Å². The average Bonchev–Trinajstić information content (AvgIpc) is 3.24. The first-order valence-electron chi connectivity index (χ1n) is 10.6. The maximum absolute atomic E-state index is 4.69. The number of para-hydroxylation sites is 2. The first kappa shape index (κ1) is 17.5. The van der Waals surface area contributed by atoms with Crippen molar-refractivity contribution in [1.82, 2.24) is 9.38 Å². The fraction of sp³-hybridized carbons (Fsp3) is 0.179. The summed E-state index contributed by atoms with van der Waals surface area (Å²) < 4.78 is 2.42. The molecule has 0 N–H and O–H groups in total. The lowest BCUT2D eigenvalue weighted by molar-refractivity contribution is 0.411. The number of hydrogen-bond donors (Lipinski definition) is 0. The van der Waals surface area contributed by atoms with E-state index in [-0.39, 0.29) is 5.41 Å². The van der Waals surface area contributed by atoms with Gasteiger partial charge in [0.05, 0.1) is 22.2 Å². The molecule has 0 amide bonds. The summed E-state index contributed by atoms with van der Waals surface area (Å²) in [6.07, 6.45) is 2.99. The second kappa shape index (κ2) is 6.06. The second-order valence-electron chi connectivity index (χ2n) is 9.57. The molecular weight excluding hydrogens is 364 g/mol. The Kier molecular flexibility index (Phi) is 3.53. The van der Waals surface area contributed by atoms with Crippen LogP contribution in [0, 0.1) is 5.41 Å². The third kappa shape index (κ3) is 2.53. The minimum Gasteiger partial charge on any atom is -0.308 e. The normalized spacial score (nSPS) is 12.6. The Morgan fingerprint density at radius 2 is 1.47 bits per heavy atom. The topological polar surface area (TPSA) is 17.3 Å². The second-order valence-corrected chi connectivity index (χ2v) is 9.57. The van der Waals surface area contributed by atoms with Gasteiger partial charge in [0, 0.05) is 33.3 Å². The first-order valence-corrected chi connectivity index (χ1v) is 10.6. The summed E-state index contributed by atoms with van der Waals surface area (Å²) >= 11 is 0. The summed E-state index contributed by atoms with van der Waals surface area (Å²) in [4.78, 5) is 4.69. The molecule has 0 spiro atoms. The molecule has 0 radical (unpaired) electrons. The molecule has 0 bridgehead atoms. The van der Waals surface area contributed by atoms with Crippen LogP contribution in [0.3, 0.4) is 0 Å². The fourth-order valence-corrected chi connectivity index (χ4v) is 4.95.